The highest BCUT2D eigenvalue weighted by atomic mass is 16.5. The normalized spacial score (nSPS) is 7.20. The van der Waals surface area contributed by atoms with Crippen LogP contribution in [0.25, 0.3) is 0 Å². The van der Waals surface area contributed by atoms with Crippen molar-refractivity contribution in [3.8, 4) is 11.8 Å². The minimum absolute atomic E-state index is 0.0449. The van der Waals surface area contributed by atoms with Crippen LogP contribution in [0.1, 0.15) is 6.42 Å². The van der Waals surface area contributed by atoms with Gasteiger partial charge in [-0.3, -0.25) is 9.59 Å². The zero-order valence-corrected chi connectivity index (χ0v) is 5.16. The van der Waals surface area contributed by atoms with Crippen LogP contribution in [0.2, 0.25) is 0 Å². The number of carboxylic acids is 1. The number of carbonyl (C=O) groups is 2. The molecule has 0 aromatic carbocycles. The quantitative estimate of drug-likeness (QED) is 0.332. The van der Waals surface area contributed by atoms with E-state index in [0.29, 0.717) is 0 Å². The van der Waals surface area contributed by atoms with Crippen LogP contribution in [-0.4, -0.2) is 24.2 Å². The van der Waals surface area contributed by atoms with Gasteiger partial charge in [0.1, 0.15) is 6.42 Å². The maximum atomic E-state index is 9.82. The molecule has 0 amide bonds. The summed E-state index contributed by atoms with van der Waals surface area (Å²) >= 11 is 0. The van der Waals surface area contributed by atoms with Gasteiger partial charge in [-0.15, -0.1) is 0 Å². The molecule has 0 saturated carbocycles. The second-order valence-corrected chi connectivity index (χ2v) is 1.33. The monoisotopic (exact) mass is 142 g/mol. The Labute approximate surface area is 57.8 Å². The van der Waals surface area contributed by atoms with Crippen molar-refractivity contribution in [2.24, 2.45) is 0 Å². The van der Waals surface area contributed by atoms with Crippen LogP contribution in [0.15, 0.2) is 0 Å². The van der Waals surface area contributed by atoms with Crippen molar-refractivity contribution >= 4 is 12.4 Å². The second-order valence-electron chi connectivity index (χ2n) is 1.33. The molecular weight excluding hydrogens is 136 g/mol. The lowest BCUT2D eigenvalue weighted by atomic mass is 10.4. The first-order valence-electron chi connectivity index (χ1n) is 2.50. The van der Waals surface area contributed by atoms with Gasteiger partial charge in [-0.25, -0.2) is 0 Å². The molecule has 0 unspecified atom stereocenters. The smallest absolute Gasteiger partial charge is 0.315 e. The molecule has 0 fully saturated rings. The highest BCUT2D eigenvalue weighted by Gasteiger charge is 1.86. The Morgan fingerprint density at radius 2 is 2.30 bits per heavy atom. The Bertz CT molecular complexity index is 174. The summed E-state index contributed by atoms with van der Waals surface area (Å²) in [6.07, 6.45) is -0.220. The van der Waals surface area contributed by atoms with E-state index in [-0.39, 0.29) is 19.5 Å². The first kappa shape index (κ1) is 8.50. The summed E-state index contributed by atoms with van der Waals surface area (Å²) < 4.78 is 4.17. The van der Waals surface area contributed by atoms with E-state index in [1.54, 1.807) is 0 Å². The van der Waals surface area contributed by atoms with Gasteiger partial charge in [-0.2, -0.15) is 0 Å². The molecule has 54 valence electrons. The third kappa shape index (κ3) is 6.50. The molecule has 0 aromatic heterocycles. The van der Waals surface area contributed by atoms with Crippen LogP contribution >= 0.6 is 0 Å². The lowest BCUT2D eigenvalue weighted by Crippen LogP contribution is -1.91. The van der Waals surface area contributed by atoms with Crippen LogP contribution in [0, 0.1) is 11.8 Å². The first-order valence-corrected chi connectivity index (χ1v) is 2.50. The van der Waals surface area contributed by atoms with Crippen molar-refractivity contribution in [3.05, 3.63) is 0 Å². The number of hydrogen-bond acceptors (Lipinski definition) is 3. The minimum Gasteiger partial charge on any atom is -0.481 e. The van der Waals surface area contributed by atoms with Crippen LogP contribution in [0.5, 0.6) is 0 Å². The van der Waals surface area contributed by atoms with Gasteiger partial charge in [-0.1, -0.05) is 11.8 Å². The number of carbonyl (C=O) groups excluding carboxylic acids is 1. The zero-order chi connectivity index (χ0) is 7.82. The Morgan fingerprint density at radius 1 is 1.60 bits per heavy atom. The van der Waals surface area contributed by atoms with Gasteiger partial charge in [0, 0.05) is 0 Å². The van der Waals surface area contributed by atoms with Gasteiger partial charge in [0.05, 0.1) is 0 Å². The predicted octanol–water partition coefficient (Wildman–Crippen LogP) is -0.363. The van der Waals surface area contributed by atoms with E-state index < -0.39 is 5.97 Å². The Hall–Kier alpha value is -1.50. The lowest BCUT2D eigenvalue weighted by Gasteiger charge is -1.83. The van der Waals surface area contributed by atoms with Gasteiger partial charge in [0.15, 0.2) is 6.61 Å². The molecule has 4 nitrogen and oxygen atoms in total. The number of ether oxygens (including phenoxy) is 1. The molecular formula is C6H6O4. The molecule has 0 heterocycles. The van der Waals surface area contributed by atoms with Gasteiger partial charge >= 0.3 is 5.97 Å². The lowest BCUT2D eigenvalue weighted by molar-refractivity contribution is -0.135. The van der Waals surface area contributed by atoms with Crippen LogP contribution in [0.3, 0.4) is 0 Å². The third-order valence-electron chi connectivity index (χ3n) is 0.588. The van der Waals surface area contributed by atoms with Crippen LogP contribution in [0.4, 0.5) is 0 Å². The fraction of sp³-hybridized carbons (Fsp3) is 0.333. The van der Waals surface area contributed by atoms with Gasteiger partial charge < -0.3 is 9.84 Å². The molecule has 1 N–H and O–H groups in total. The minimum atomic E-state index is -0.987. The topological polar surface area (TPSA) is 63.6 Å². The molecule has 0 aliphatic rings. The standard InChI is InChI=1S/C6H6O4/c7-5-10-4-2-1-3-6(8)9/h5H,3-4H2,(H,8,9). The molecule has 0 spiro atoms. The molecule has 0 aliphatic heterocycles. The highest BCUT2D eigenvalue weighted by Crippen LogP contribution is 1.73. The van der Waals surface area contributed by atoms with Crippen LogP contribution in [-0.2, 0) is 14.3 Å². The fourth-order valence-electron chi connectivity index (χ4n) is 0.265. The van der Waals surface area contributed by atoms with Crippen molar-refractivity contribution < 1.29 is 19.4 Å². The summed E-state index contributed by atoms with van der Waals surface area (Å²) in [6.45, 7) is 0.215. The van der Waals surface area contributed by atoms with E-state index >= 15 is 0 Å². The highest BCUT2D eigenvalue weighted by molar-refractivity contribution is 5.69. The molecule has 0 bridgehead atoms. The van der Waals surface area contributed by atoms with Crippen molar-refractivity contribution in [1.82, 2.24) is 0 Å². The summed E-state index contributed by atoms with van der Waals surface area (Å²) in [6, 6.07) is 0. The molecule has 0 saturated heterocycles. The van der Waals surface area contributed by atoms with E-state index in [0.717, 1.165) is 0 Å². The van der Waals surface area contributed by atoms with Gasteiger partial charge in [0.2, 0.25) is 0 Å². The first-order chi connectivity index (χ1) is 4.77. The van der Waals surface area contributed by atoms with E-state index in [4.69, 9.17) is 5.11 Å². The summed E-state index contributed by atoms with van der Waals surface area (Å²) in [5.41, 5.74) is 0. The zero-order valence-electron chi connectivity index (χ0n) is 5.16. The molecule has 0 rings (SSSR count). The molecule has 4 heteroatoms. The van der Waals surface area contributed by atoms with Crippen molar-refractivity contribution in [3.63, 3.8) is 0 Å². The summed E-state index contributed by atoms with van der Waals surface area (Å²) in [5.74, 6) is 3.63. The predicted molar refractivity (Wildman–Crippen MR) is 32.0 cm³/mol. The van der Waals surface area contributed by atoms with Crippen molar-refractivity contribution in [1.29, 1.82) is 0 Å². The Balaban J connectivity index is 3.31. The van der Waals surface area contributed by atoms with Gasteiger partial charge in [0.25, 0.3) is 6.47 Å². The molecule has 10 heavy (non-hydrogen) atoms. The summed E-state index contributed by atoms with van der Waals surface area (Å²) in [5, 5.41) is 8.06. The van der Waals surface area contributed by atoms with E-state index in [9.17, 15) is 9.59 Å². The molecule has 0 atom stereocenters. The Morgan fingerprint density at radius 3 is 2.80 bits per heavy atom. The fourth-order valence-corrected chi connectivity index (χ4v) is 0.265. The van der Waals surface area contributed by atoms with E-state index in [1.165, 1.54) is 0 Å². The van der Waals surface area contributed by atoms with Crippen molar-refractivity contribution in [2.45, 2.75) is 6.42 Å². The summed E-state index contributed by atoms with van der Waals surface area (Å²) in [7, 11) is 0. The third-order valence-corrected chi connectivity index (χ3v) is 0.588. The number of carboxylic acid groups (broad SMARTS) is 1. The maximum Gasteiger partial charge on any atom is 0.315 e. The number of rotatable bonds is 3. The molecule has 0 aromatic rings. The SMILES string of the molecule is O=COCC#CCC(=O)O. The average Bonchev–Trinajstić information content (AvgIpc) is 1.87. The average molecular weight is 142 g/mol. The number of hydrogen-bond donors (Lipinski definition) is 1. The van der Waals surface area contributed by atoms with Crippen molar-refractivity contribution in [2.75, 3.05) is 6.61 Å². The van der Waals surface area contributed by atoms with E-state index in [2.05, 4.69) is 16.6 Å². The Kier molecular flexibility index (Phi) is 4.79. The molecule has 0 radical (unpaired) electrons. The van der Waals surface area contributed by atoms with Gasteiger partial charge in [-0.05, 0) is 0 Å². The summed E-state index contributed by atoms with van der Waals surface area (Å²) in [4.78, 5) is 19.3. The largest absolute Gasteiger partial charge is 0.481 e. The van der Waals surface area contributed by atoms with Crippen LogP contribution < -0.4 is 0 Å². The molecule has 0 aliphatic carbocycles. The second kappa shape index (κ2) is 5.63. The maximum absolute atomic E-state index is 9.82. The number of aliphatic carboxylic acids is 1. The van der Waals surface area contributed by atoms with E-state index in [1.807, 2.05) is 0 Å².